The molecule has 0 saturated heterocycles. The number of benzene rings is 2. The van der Waals surface area contributed by atoms with Crippen LogP contribution in [0.5, 0.6) is 5.75 Å². The lowest BCUT2D eigenvalue weighted by atomic mass is 10.3. The molecule has 0 aliphatic rings. The lowest BCUT2D eigenvalue weighted by Crippen LogP contribution is -1.99. The SMILES string of the molecule is COc1cc(F)cc(Nc2ncn(-c3ccc(F)c(F)c3)n2)c1. The van der Waals surface area contributed by atoms with Crippen LogP contribution in [0.2, 0.25) is 0 Å². The van der Waals surface area contributed by atoms with Crippen LogP contribution >= 0.6 is 0 Å². The maximum atomic E-state index is 13.4. The second-order valence-corrected chi connectivity index (χ2v) is 4.62. The first-order chi connectivity index (χ1) is 11.0. The van der Waals surface area contributed by atoms with E-state index in [4.69, 9.17) is 4.74 Å². The Kier molecular flexibility index (Phi) is 3.88. The first-order valence-electron chi connectivity index (χ1n) is 6.54. The van der Waals surface area contributed by atoms with Crippen molar-refractivity contribution in [2.75, 3.05) is 12.4 Å². The van der Waals surface area contributed by atoms with Crippen LogP contribution in [0, 0.1) is 17.5 Å². The molecule has 5 nitrogen and oxygen atoms in total. The molecular weight excluding hydrogens is 309 g/mol. The van der Waals surface area contributed by atoms with Crippen LogP contribution in [0.25, 0.3) is 5.69 Å². The zero-order valence-corrected chi connectivity index (χ0v) is 11.9. The van der Waals surface area contributed by atoms with E-state index in [1.165, 1.54) is 36.3 Å². The molecule has 1 aromatic heterocycles. The third-order valence-electron chi connectivity index (χ3n) is 3.02. The van der Waals surface area contributed by atoms with Gasteiger partial charge in [0.1, 0.15) is 17.9 Å². The fourth-order valence-corrected chi connectivity index (χ4v) is 1.95. The van der Waals surface area contributed by atoms with Gasteiger partial charge in [-0.1, -0.05) is 0 Å². The van der Waals surface area contributed by atoms with Gasteiger partial charge in [-0.05, 0) is 18.2 Å². The van der Waals surface area contributed by atoms with Crippen molar-refractivity contribution in [3.05, 3.63) is 60.2 Å². The summed E-state index contributed by atoms with van der Waals surface area (Å²) in [7, 11) is 1.43. The number of hydrogen-bond donors (Lipinski definition) is 1. The smallest absolute Gasteiger partial charge is 0.246 e. The zero-order valence-electron chi connectivity index (χ0n) is 11.9. The molecule has 23 heavy (non-hydrogen) atoms. The highest BCUT2D eigenvalue weighted by Gasteiger charge is 2.08. The Morgan fingerprint density at radius 2 is 1.87 bits per heavy atom. The summed E-state index contributed by atoms with van der Waals surface area (Å²) >= 11 is 0. The summed E-state index contributed by atoms with van der Waals surface area (Å²) in [5, 5.41) is 6.88. The summed E-state index contributed by atoms with van der Waals surface area (Å²) < 4.78 is 45.8. The second-order valence-electron chi connectivity index (χ2n) is 4.62. The molecule has 1 N–H and O–H groups in total. The van der Waals surface area contributed by atoms with Gasteiger partial charge in [-0.3, -0.25) is 0 Å². The molecule has 0 radical (unpaired) electrons. The standard InChI is InChI=1S/C15H11F3N4O/c1-23-12-5-9(16)4-10(6-12)20-15-19-8-22(21-15)11-2-3-13(17)14(18)7-11/h2-8H,1H3,(H,20,21). The monoisotopic (exact) mass is 320 g/mol. The van der Waals surface area contributed by atoms with E-state index in [1.807, 2.05) is 0 Å². The van der Waals surface area contributed by atoms with E-state index in [2.05, 4.69) is 15.4 Å². The van der Waals surface area contributed by atoms with Gasteiger partial charge in [0.2, 0.25) is 5.95 Å². The third-order valence-corrected chi connectivity index (χ3v) is 3.02. The van der Waals surface area contributed by atoms with Gasteiger partial charge in [-0.15, -0.1) is 5.10 Å². The van der Waals surface area contributed by atoms with Crippen molar-refractivity contribution in [3.63, 3.8) is 0 Å². The van der Waals surface area contributed by atoms with Crippen LogP contribution in [-0.4, -0.2) is 21.9 Å². The van der Waals surface area contributed by atoms with Crippen LogP contribution < -0.4 is 10.1 Å². The van der Waals surface area contributed by atoms with Gasteiger partial charge in [-0.25, -0.2) is 17.9 Å². The van der Waals surface area contributed by atoms with Crippen molar-refractivity contribution in [1.82, 2.24) is 14.8 Å². The average Bonchev–Trinajstić information content (AvgIpc) is 2.98. The van der Waals surface area contributed by atoms with Crippen LogP contribution in [0.3, 0.4) is 0 Å². The van der Waals surface area contributed by atoms with Crippen molar-refractivity contribution in [2.45, 2.75) is 0 Å². The Morgan fingerprint density at radius 3 is 2.61 bits per heavy atom. The quantitative estimate of drug-likeness (QED) is 0.800. The van der Waals surface area contributed by atoms with Gasteiger partial charge in [0, 0.05) is 23.9 Å². The Balaban J connectivity index is 1.84. The largest absolute Gasteiger partial charge is 0.497 e. The lowest BCUT2D eigenvalue weighted by Gasteiger charge is -2.05. The normalized spacial score (nSPS) is 10.6. The van der Waals surface area contributed by atoms with E-state index in [-0.39, 0.29) is 5.95 Å². The third kappa shape index (κ3) is 3.25. The molecule has 118 valence electrons. The predicted octanol–water partition coefficient (Wildman–Crippen LogP) is 3.44. The van der Waals surface area contributed by atoms with E-state index in [1.54, 1.807) is 6.07 Å². The molecule has 0 spiro atoms. The number of rotatable bonds is 4. The summed E-state index contributed by atoms with van der Waals surface area (Å²) in [5.41, 5.74) is 0.700. The maximum Gasteiger partial charge on any atom is 0.246 e. The first kappa shape index (κ1) is 14.9. The topological polar surface area (TPSA) is 52.0 Å². The number of hydrogen-bond acceptors (Lipinski definition) is 4. The number of ether oxygens (including phenoxy) is 1. The minimum atomic E-state index is -0.984. The molecule has 1 heterocycles. The Labute approximate surface area is 129 Å². The average molecular weight is 320 g/mol. The molecule has 0 bridgehead atoms. The minimum Gasteiger partial charge on any atom is -0.497 e. The van der Waals surface area contributed by atoms with Crippen molar-refractivity contribution in [3.8, 4) is 11.4 Å². The number of aromatic nitrogens is 3. The number of anilines is 2. The van der Waals surface area contributed by atoms with Gasteiger partial charge in [-0.2, -0.15) is 4.98 Å². The Hall–Kier alpha value is -3.03. The van der Waals surface area contributed by atoms with E-state index >= 15 is 0 Å². The molecule has 0 unspecified atom stereocenters. The highest BCUT2D eigenvalue weighted by molar-refractivity contribution is 5.56. The molecule has 3 aromatic rings. The van der Waals surface area contributed by atoms with Crippen LogP contribution in [0.4, 0.5) is 24.8 Å². The molecule has 0 atom stereocenters. The van der Waals surface area contributed by atoms with Crippen molar-refractivity contribution >= 4 is 11.6 Å². The molecular formula is C15H11F3N4O. The van der Waals surface area contributed by atoms with Crippen LogP contribution in [0.1, 0.15) is 0 Å². The first-order valence-corrected chi connectivity index (χ1v) is 6.54. The van der Waals surface area contributed by atoms with Crippen molar-refractivity contribution < 1.29 is 17.9 Å². The van der Waals surface area contributed by atoms with E-state index in [0.29, 0.717) is 17.1 Å². The van der Waals surface area contributed by atoms with Crippen LogP contribution in [-0.2, 0) is 0 Å². The number of methoxy groups -OCH3 is 1. The summed E-state index contributed by atoms with van der Waals surface area (Å²) in [5.74, 6) is -1.90. The molecule has 0 aliphatic heterocycles. The predicted molar refractivity (Wildman–Crippen MR) is 77.5 cm³/mol. The van der Waals surface area contributed by atoms with Gasteiger partial charge in [0.15, 0.2) is 11.6 Å². The van der Waals surface area contributed by atoms with Crippen LogP contribution in [0.15, 0.2) is 42.7 Å². The number of nitrogens with one attached hydrogen (secondary N) is 1. The van der Waals surface area contributed by atoms with Crippen molar-refractivity contribution in [1.29, 1.82) is 0 Å². The number of halogens is 3. The molecule has 2 aromatic carbocycles. The zero-order chi connectivity index (χ0) is 16.4. The maximum absolute atomic E-state index is 13.4. The lowest BCUT2D eigenvalue weighted by molar-refractivity contribution is 0.411. The minimum absolute atomic E-state index is 0.169. The van der Waals surface area contributed by atoms with Gasteiger partial charge in [0.05, 0.1) is 12.8 Å². The molecule has 0 fully saturated rings. The molecule has 0 saturated carbocycles. The van der Waals surface area contributed by atoms with E-state index in [9.17, 15) is 13.2 Å². The van der Waals surface area contributed by atoms with Crippen molar-refractivity contribution in [2.24, 2.45) is 0 Å². The molecule has 3 rings (SSSR count). The van der Waals surface area contributed by atoms with Gasteiger partial charge in [0.25, 0.3) is 0 Å². The molecule has 0 aliphatic carbocycles. The van der Waals surface area contributed by atoms with E-state index in [0.717, 1.165) is 12.1 Å². The summed E-state index contributed by atoms with van der Waals surface area (Å²) in [4.78, 5) is 3.99. The van der Waals surface area contributed by atoms with E-state index < -0.39 is 17.5 Å². The Morgan fingerprint density at radius 1 is 1.04 bits per heavy atom. The fraction of sp³-hybridized carbons (Fsp3) is 0.0667. The number of nitrogens with zero attached hydrogens (tertiary/aromatic N) is 3. The summed E-state index contributed by atoms with van der Waals surface area (Å²) in [6, 6.07) is 7.42. The highest BCUT2D eigenvalue weighted by atomic mass is 19.2. The molecule has 0 amide bonds. The molecule has 8 heteroatoms. The highest BCUT2D eigenvalue weighted by Crippen LogP contribution is 2.22. The van der Waals surface area contributed by atoms with Gasteiger partial charge >= 0.3 is 0 Å². The second kappa shape index (κ2) is 5.99. The van der Waals surface area contributed by atoms with Gasteiger partial charge < -0.3 is 10.1 Å². The fourth-order valence-electron chi connectivity index (χ4n) is 1.95. The Bertz CT molecular complexity index is 850. The summed E-state index contributed by atoms with van der Waals surface area (Å²) in [6.07, 6.45) is 1.32. The summed E-state index contributed by atoms with van der Waals surface area (Å²) in [6.45, 7) is 0.